The van der Waals surface area contributed by atoms with Crippen molar-refractivity contribution >= 4 is 7.25 Å². The van der Waals surface area contributed by atoms with Crippen LogP contribution in [0.1, 0.15) is 19.3 Å². The largest absolute Gasteiger partial charge is 1.00 e. The van der Waals surface area contributed by atoms with Crippen LogP contribution in [0.2, 0.25) is 0 Å². The van der Waals surface area contributed by atoms with Crippen molar-refractivity contribution in [3.8, 4) is 0 Å². The Hall–Kier alpha value is 1.42. The van der Waals surface area contributed by atoms with Gasteiger partial charge in [-0.3, -0.25) is 0 Å². The first kappa shape index (κ1) is 13.0. The Morgan fingerprint density at radius 3 is 0.889 bits per heavy atom. The van der Waals surface area contributed by atoms with Crippen molar-refractivity contribution < 1.29 is 68.6 Å². The molecule has 1 fully saturated rings. The Kier molecular flexibility index (Phi) is 8.92. The molecule has 0 amide bonds. The summed E-state index contributed by atoms with van der Waals surface area (Å²) in [5.74, 6) is 0. The molecule has 0 unspecified atom stereocenters. The van der Waals surface area contributed by atoms with E-state index in [4.69, 9.17) is 0 Å². The summed E-state index contributed by atoms with van der Waals surface area (Å²) in [6.07, 6.45) is 4.50. The Bertz CT molecular complexity index is 52.6. The second kappa shape index (κ2) is 6.15. The average Bonchev–Trinajstić information content (AvgIpc) is 1.95. The van der Waals surface area contributed by atoms with Crippen LogP contribution in [-0.4, -0.2) is 7.25 Å². The van der Waals surface area contributed by atoms with Gasteiger partial charge in [-0.05, 0) is 0 Å². The van der Waals surface area contributed by atoms with E-state index in [0.29, 0.717) is 0 Å². The fourth-order valence-corrected chi connectivity index (χ4v) is 0. The molecule has 6 heteroatoms. The van der Waals surface area contributed by atoms with E-state index in [1.165, 1.54) is 19.3 Å². The first-order chi connectivity index (χ1) is 3.50. The fourth-order valence-electron chi connectivity index (χ4n) is 0. The smallest absolute Gasteiger partial charge is 0.418 e. The molecule has 0 N–H and O–H groups in total. The van der Waals surface area contributed by atoms with E-state index in [1.807, 2.05) is 0 Å². The van der Waals surface area contributed by atoms with E-state index in [2.05, 4.69) is 0 Å². The van der Waals surface area contributed by atoms with Gasteiger partial charge in [0.1, 0.15) is 0 Å². The molecule has 1 aliphatic rings. The molecule has 0 atom stereocenters. The first-order valence-corrected chi connectivity index (χ1v) is 2.37. The van der Waals surface area contributed by atoms with Crippen molar-refractivity contribution in [3.63, 3.8) is 0 Å². The van der Waals surface area contributed by atoms with Gasteiger partial charge in [0, 0.05) is 0 Å². The molecule has 0 aliphatic heterocycles. The molecule has 0 aromatic carbocycles. The predicted octanol–water partition coefficient (Wildman–Crippen LogP) is -0.526. The molecule has 0 nitrogen and oxygen atoms in total. The third kappa shape index (κ3) is 88.5. The van der Waals surface area contributed by atoms with Crippen LogP contribution >= 0.6 is 0 Å². The van der Waals surface area contributed by atoms with Gasteiger partial charge < -0.3 is 17.3 Å². The summed E-state index contributed by atoms with van der Waals surface area (Å²) < 4.78 is 39.0. The Labute approximate surface area is 93.9 Å². The minimum atomic E-state index is -6.00. The predicted molar refractivity (Wildman–Crippen MR) is 24.0 cm³/mol. The van der Waals surface area contributed by atoms with E-state index in [9.17, 15) is 17.3 Å². The number of rotatable bonds is 0. The molecule has 0 aromatic heterocycles. The second-order valence-corrected chi connectivity index (χ2v) is 1.56. The molecule has 0 saturated heterocycles. The molecule has 1 rings (SSSR count). The van der Waals surface area contributed by atoms with Gasteiger partial charge in [0.25, 0.3) is 0 Å². The second-order valence-electron chi connectivity index (χ2n) is 1.56. The molecule has 0 spiro atoms. The van der Waals surface area contributed by atoms with Crippen molar-refractivity contribution in [1.29, 1.82) is 0 Å². The van der Waals surface area contributed by atoms with Crippen LogP contribution in [0.5, 0.6) is 0 Å². The SMILES string of the molecule is C1CC1.F[B-](F)(F)F.[K+]. The number of hydrogen-bond donors (Lipinski definition) is 0. The Morgan fingerprint density at radius 2 is 0.889 bits per heavy atom. The fraction of sp³-hybridized carbons (Fsp3) is 1.00. The molecular formula is C3H6BF4K. The van der Waals surface area contributed by atoms with Gasteiger partial charge in [-0.15, -0.1) is 0 Å². The van der Waals surface area contributed by atoms with Crippen LogP contribution in [0.4, 0.5) is 17.3 Å². The minimum Gasteiger partial charge on any atom is -0.418 e. The standard InChI is InChI=1S/C3H6.BF4.K/c1-2-3-1;2-1(3,4)5;/h1-3H2;;/q;-1;+1. The quantitative estimate of drug-likeness (QED) is 0.337. The molecule has 1 aliphatic carbocycles. The maximum Gasteiger partial charge on any atom is 1.00 e. The van der Waals surface area contributed by atoms with E-state index in [1.54, 1.807) is 0 Å². The summed E-state index contributed by atoms with van der Waals surface area (Å²) in [5, 5.41) is 0. The number of halogens is 4. The van der Waals surface area contributed by atoms with E-state index in [0.717, 1.165) is 0 Å². The van der Waals surface area contributed by atoms with Gasteiger partial charge in [0.15, 0.2) is 0 Å². The van der Waals surface area contributed by atoms with Crippen molar-refractivity contribution in [3.05, 3.63) is 0 Å². The van der Waals surface area contributed by atoms with Crippen LogP contribution in [0, 0.1) is 0 Å². The zero-order valence-electron chi connectivity index (χ0n) is 5.21. The Balaban J connectivity index is 0. The normalized spacial score (nSPS) is 14.7. The maximum atomic E-state index is 9.75. The minimum absolute atomic E-state index is 0. The van der Waals surface area contributed by atoms with Gasteiger partial charge in [0.2, 0.25) is 0 Å². The molecule has 50 valence electrons. The van der Waals surface area contributed by atoms with E-state index in [-0.39, 0.29) is 51.4 Å². The molecule has 0 aromatic rings. The van der Waals surface area contributed by atoms with Crippen LogP contribution in [0.15, 0.2) is 0 Å². The molecule has 9 heavy (non-hydrogen) atoms. The molecular weight excluding hydrogens is 162 g/mol. The van der Waals surface area contributed by atoms with Gasteiger partial charge in [-0.2, -0.15) is 0 Å². The summed E-state index contributed by atoms with van der Waals surface area (Å²) in [6.45, 7) is 0. The van der Waals surface area contributed by atoms with Gasteiger partial charge in [-0.1, -0.05) is 19.3 Å². The van der Waals surface area contributed by atoms with E-state index < -0.39 is 7.25 Å². The third-order valence-electron chi connectivity index (χ3n) is 0.354. The third-order valence-corrected chi connectivity index (χ3v) is 0.354. The average molecular weight is 168 g/mol. The summed E-state index contributed by atoms with van der Waals surface area (Å²) in [4.78, 5) is 0. The van der Waals surface area contributed by atoms with Crippen molar-refractivity contribution in [1.82, 2.24) is 0 Å². The molecule has 1 saturated carbocycles. The summed E-state index contributed by atoms with van der Waals surface area (Å²) >= 11 is 0. The van der Waals surface area contributed by atoms with Crippen LogP contribution in [0.3, 0.4) is 0 Å². The Morgan fingerprint density at radius 1 is 0.778 bits per heavy atom. The van der Waals surface area contributed by atoms with Crippen molar-refractivity contribution in [2.24, 2.45) is 0 Å². The monoisotopic (exact) mass is 168 g/mol. The molecule has 0 radical (unpaired) electrons. The van der Waals surface area contributed by atoms with Crippen LogP contribution in [-0.2, 0) is 0 Å². The van der Waals surface area contributed by atoms with E-state index >= 15 is 0 Å². The summed E-state index contributed by atoms with van der Waals surface area (Å²) in [7, 11) is -6.00. The first-order valence-electron chi connectivity index (χ1n) is 2.37. The zero-order valence-corrected chi connectivity index (χ0v) is 8.33. The van der Waals surface area contributed by atoms with Gasteiger partial charge >= 0.3 is 58.6 Å². The van der Waals surface area contributed by atoms with Gasteiger partial charge in [0.05, 0.1) is 0 Å². The molecule has 0 heterocycles. The maximum absolute atomic E-state index is 9.75. The zero-order chi connectivity index (χ0) is 6.62. The summed E-state index contributed by atoms with van der Waals surface area (Å²) in [6, 6.07) is 0. The topological polar surface area (TPSA) is 0 Å². The van der Waals surface area contributed by atoms with Crippen LogP contribution in [0.25, 0.3) is 0 Å². The van der Waals surface area contributed by atoms with Crippen molar-refractivity contribution in [2.45, 2.75) is 19.3 Å². The van der Waals surface area contributed by atoms with Gasteiger partial charge in [-0.25, -0.2) is 0 Å². The molecule has 0 bridgehead atoms. The number of hydrogen-bond acceptors (Lipinski definition) is 0. The van der Waals surface area contributed by atoms with Crippen LogP contribution < -0.4 is 51.4 Å². The van der Waals surface area contributed by atoms with Crippen molar-refractivity contribution in [2.75, 3.05) is 0 Å². The summed E-state index contributed by atoms with van der Waals surface area (Å²) in [5.41, 5.74) is 0.